The van der Waals surface area contributed by atoms with Gasteiger partial charge in [-0.05, 0) is 49.6 Å². The summed E-state index contributed by atoms with van der Waals surface area (Å²) in [6, 6.07) is 11.0. The van der Waals surface area contributed by atoms with Crippen LogP contribution < -0.4 is 11.0 Å². The lowest BCUT2D eigenvalue weighted by atomic mass is 10.1. The van der Waals surface area contributed by atoms with E-state index in [9.17, 15) is 9.59 Å². The van der Waals surface area contributed by atoms with Crippen LogP contribution in [-0.4, -0.2) is 21.7 Å². The molecule has 2 aromatic carbocycles. The maximum atomic E-state index is 12.5. The molecular formula is C21H20N4O2. The summed E-state index contributed by atoms with van der Waals surface area (Å²) < 4.78 is 1.72. The number of amides is 1. The molecule has 3 aromatic rings. The molecule has 0 aliphatic carbocycles. The summed E-state index contributed by atoms with van der Waals surface area (Å²) in [7, 11) is 0. The van der Waals surface area contributed by atoms with E-state index in [1.54, 1.807) is 29.0 Å². The fraction of sp³-hybridized carbons (Fsp3) is 0.238. The Kier molecular flexibility index (Phi) is 4.32. The summed E-state index contributed by atoms with van der Waals surface area (Å²) in [5.74, 6) is 0.457. The minimum atomic E-state index is -0.333. The van der Waals surface area contributed by atoms with E-state index in [0.29, 0.717) is 23.0 Å². The van der Waals surface area contributed by atoms with Crippen LogP contribution >= 0.6 is 0 Å². The number of hydrazone groups is 1. The second kappa shape index (κ2) is 6.79. The second-order valence-electron chi connectivity index (χ2n) is 6.88. The smallest absolute Gasteiger partial charge is 0.271 e. The van der Waals surface area contributed by atoms with Gasteiger partial charge >= 0.3 is 0 Å². The van der Waals surface area contributed by atoms with Crippen molar-refractivity contribution in [1.29, 1.82) is 0 Å². The van der Waals surface area contributed by atoms with Gasteiger partial charge in [-0.25, -0.2) is 10.4 Å². The standard InChI is InChI=1S/C21H20N4O2/c1-13-5-6-14(2)16(10-13)12-22-24-20(26)15-7-8-17-18(11-15)23-19-4-3-9-25(19)21(17)27/h5-8,10-12H,3-4,9H2,1-2H3,(H,24,26)/b22-12-. The number of nitrogens with one attached hydrogen (secondary N) is 1. The number of carbonyl (C=O) groups excluding carboxylic acids is 1. The third-order valence-corrected chi connectivity index (χ3v) is 4.88. The first kappa shape index (κ1) is 17.1. The molecule has 4 rings (SSSR count). The van der Waals surface area contributed by atoms with Crippen LogP contribution in [0.1, 0.15) is 39.3 Å². The van der Waals surface area contributed by atoms with Crippen molar-refractivity contribution >= 4 is 23.0 Å². The molecule has 136 valence electrons. The van der Waals surface area contributed by atoms with Crippen LogP contribution in [0.15, 0.2) is 46.3 Å². The molecule has 0 atom stereocenters. The van der Waals surface area contributed by atoms with Gasteiger partial charge in [-0.15, -0.1) is 0 Å². The van der Waals surface area contributed by atoms with E-state index in [2.05, 4.69) is 15.5 Å². The summed E-state index contributed by atoms with van der Waals surface area (Å²) in [4.78, 5) is 29.5. The van der Waals surface area contributed by atoms with Gasteiger partial charge in [0.2, 0.25) is 0 Å². The first-order chi connectivity index (χ1) is 13.0. The van der Waals surface area contributed by atoms with Crippen molar-refractivity contribution in [2.45, 2.75) is 33.2 Å². The van der Waals surface area contributed by atoms with Gasteiger partial charge in [-0.1, -0.05) is 23.8 Å². The highest BCUT2D eigenvalue weighted by Gasteiger charge is 2.17. The van der Waals surface area contributed by atoms with Crippen LogP contribution in [0.5, 0.6) is 0 Å². The van der Waals surface area contributed by atoms with Gasteiger partial charge in [0.25, 0.3) is 11.5 Å². The summed E-state index contributed by atoms with van der Waals surface area (Å²) in [5, 5.41) is 4.60. The zero-order valence-electron chi connectivity index (χ0n) is 15.3. The molecule has 2 heterocycles. The monoisotopic (exact) mass is 360 g/mol. The molecular weight excluding hydrogens is 340 g/mol. The Bertz CT molecular complexity index is 1140. The predicted molar refractivity (Wildman–Crippen MR) is 105 cm³/mol. The number of rotatable bonds is 3. The van der Waals surface area contributed by atoms with Crippen molar-refractivity contribution in [3.05, 3.63) is 74.8 Å². The van der Waals surface area contributed by atoms with E-state index < -0.39 is 0 Å². The molecule has 27 heavy (non-hydrogen) atoms. The molecule has 0 radical (unpaired) electrons. The number of fused-ring (bicyclic) bond motifs is 2. The largest absolute Gasteiger partial charge is 0.296 e. The number of aromatic nitrogens is 2. The summed E-state index contributed by atoms with van der Waals surface area (Å²) in [6.45, 7) is 4.72. The molecule has 0 bridgehead atoms. The normalized spacial score (nSPS) is 13.3. The van der Waals surface area contributed by atoms with Gasteiger partial charge in [-0.2, -0.15) is 5.10 Å². The van der Waals surface area contributed by atoms with Crippen molar-refractivity contribution in [3.8, 4) is 0 Å². The maximum absolute atomic E-state index is 12.5. The van der Waals surface area contributed by atoms with E-state index in [-0.39, 0.29) is 11.5 Å². The van der Waals surface area contributed by atoms with Gasteiger partial charge in [0.05, 0.1) is 17.1 Å². The number of nitrogens with zero attached hydrogens (tertiary/aromatic N) is 3. The van der Waals surface area contributed by atoms with E-state index >= 15 is 0 Å². The minimum Gasteiger partial charge on any atom is -0.296 e. The number of carbonyl (C=O) groups is 1. The molecule has 6 nitrogen and oxygen atoms in total. The Morgan fingerprint density at radius 3 is 2.93 bits per heavy atom. The lowest BCUT2D eigenvalue weighted by molar-refractivity contribution is 0.0955. The number of hydrogen-bond donors (Lipinski definition) is 1. The minimum absolute atomic E-state index is 0.0348. The molecule has 1 amide bonds. The Labute approximate surface area is 156 Å². The van der Waals surface area contributed by atoms with Crippen LogP contribution in [0.4, 0.5) is 0 Å². The Balaban J connectivity index is 1.58. The van der Waals surface area contributed by atoms with E-state index in [1.165, 1.54) is 0 Å². The Hall–Kier alpha value is -3.28. The molecule has 1 aliphatic rings. The van der Waals surface area contributed by atoms with Crippen LogP contribution in [0, 0.1) is 13.8 Å². The molecule has 6 heteroatoms. The van der Waals surface area contributed by atoms with Crippen molar-refractivity contribution in [2.75, 3.05) is 0 Å². The van der Waals surface area contributed by atoms with Crippen LogP contribution in [-0.2, 0) is 13.0 Å². The van der Waals surface area contributed by atoms with Gasteiger partial charge in [0.1, 0.15) is 5.82 Å². The highest BCUT2D eigenvalue weighted by atomic mass is 16.2. The predicted octanol–water partition coefficient (Wildman–Crippen LogP) is 2.72. The first-order valence-electron chi connectivity index (χ1n) is 8.97. The molecule has 1 aliphatic heterocycles. The van der Waals surface area contributed by atoms with E-state index in [1.807, 2.05) is 32.0 Å². The van der Waals surface area contributed by atoms with Gasteiger partial charge < -0.3 is 0 Å². The lowest BCUT2D eigenvalue weighted by Crippen LogP contribution is -2.22. The maximum Gasteiger partial charge on any atom is 0.271 e. The summed E-state index contributed by atoms with van der Waals surface area (Å²) in [5.41, 5.74) is 6.67. The highest BCUT2D eigenvalue weighted by Crippen LogP contribution is 2.16. The Morgan fingerprint density at radius 1 is 1.22 bits per heavy atom. The average molecular weight is 360 g/mol. The highest BCUT2D eigenvalue weighted by molar-refractivity contribution is 5.98. The SMILES string of the molecule is Cc1ccc(C)c(/C=N\NC(=O)c2ccc3c(=O)n4c(nc3c2)CCC4)c1. The summed E-state index contributed by atoms with van der Waals surface area (Å²) >= 11 is 0. The molecule has 1 N–H and O–H groups in total. The molecule has 0 spiro atoms. The van der Waals surface area contributed by atoms with Crippen molar-refractivity contribution in [2.24, 2.45) is 5.10 Å². The molecule has 0 saturated carbocycles. The molecule has 1 aromatic heterocycles. The third kappa shape index (κ3) is 3.26. The first-order valence-corrected chi connectivity index (χ1v) is 8.97. The Morgan fingerprint density at radius 2 is 2.07 bits per heavy atom. The van der Waals surface area contributed by atoms with Crippen LogP contribution in [0.2, 0.25) is 0 Å². The van der Waals surface area contributed by atoms with Gasteiger partial charge in [0, 0.05) is 18.5 Å². The fourth-order valence-corrected chi connectivity index (χ4v) is 3.35. The topological polar surface area (TPSA) is 76.3 Å². The van der Waals surface area contributed by atoms with E-state index in [4.69, 9.17) is 0 Å². The quantitative estimate of drug-likeness (QED) is 0.576. The number of benzene rings is 2. The molecule has 0 saturated heterocycles. The average Bonchev–Trinajstić information content (AvgIpc) is 3.13. The fourth-order valence-electron chi connectivity index (χ4n) is 3.35. The number of hydrogen-bond acceptors (Lipinski definition) is 4. The zero-order valence-corrected chi connectivity index (χ0v) is 15.3. The van der Waals surface area contributed by atoms with E-state index in [0.717, 1.165) is 35.4 Å². The number of aryl methyl sites for hydroxylation is 3. The molecule has 0 fully saturated rings. The lowest BCUT2D eigenvalue weighted by Gasteiger charge is -2.06. The third-order valence-electron chi connectivity index (χ3n) is 4.88. The second-order valence-corrected chi connectivity index (χ2v) is 6.88. The van der Waals surface area contributed by atoms with Gasteiger partial charge in [0.15, 0.2) is 0 Å². The molecule has 0 unspecified atom stereocenters. The van der Waals surface area contributed by atoms with Crippen LogP contribution in [0.3, 0.4) is 0 Å². The zero-order chi connectivity index (χ0) is 19.0. The van der Waals surface area contributed by atoms with Crippen molar-refractivity contribution in [3.63, 3.8) is 0 Å². The summed E-state index contributed by atoms with van der Waals surface area (Å²) in [6.07, 6.45) is 3.36. The van der Waals surface area contributed by atoms with Crippen molar-refractivity contribution in [1.82, 2.24) is 15.0 Å². The van der Waals surface area contributed by atoms with Crippen molar-refractivity contribution < 1.29 is 4.79 Å². The van der Waals surface area contributed by atoms with Gasteiger partial charge in [-0.3, -0.25) is 14.2 Å². The van der Waals surface area contributed by atoms with Crippen LogP contribution in [0.25, 0.3) is 10.9 Å².